The number of hydrogen-bond acceptors (Lipinski definition) is 3. The minimum absolute atomic E-state index is 0.362. The number of nitrogens with two attached hydrogens (primary N) is 1. The summed E-state index contributed by atoms with van der Waals surface area (Å²) in [4.78, 5) is 11.5. The van der Waals surface area contributed by atoms with Gasteiger partial charge in [0.05, 0.1) is 0 Å². The van der Waals surface area contributed by atoms with Crippen molar-refractivity contribution in [3.05, 3.63) is 29.3 Å². The predicted octanol–water partition coefficient (Wildman–Crippen LogP) is 1.82. The molecule has 1 aromatic carbocycles. The summed E-state index contributed by atoms with van der Waals surface area (Å²) in [5.74, 6) is 0.332. The van der Waals surface area contributed by atoms with Crippen molar-refractivity contribution in [1.29, 1.82) is 0 Å². The first-order valence-electron chi connectivity index (χ1n) is 5.76. The van der Waals surface area contributed by atoms with Gasteiger partial charge in [0, 0.05) is 0 Å². The van der Waals surface area contributed by atoms with Crippen LogP contribution in [0, 0.1) is 0 Å². The van der Waals surface area contributed by atoms with Crippen molar-refractivity contribution in [3.8, 4) is 5.75 Å². The topological polar surface area (TPSA) is 52.3 Å². The van der Waals surface area contributed by atoms with Crippen LogP contribution in [0.4, 0.5) is 0 Å². The van der Waals surface area contributed by atoms with E-state index in [0.29, 0.717) is 5.75 Å². The first-order valence-corrected chi connectivity index (χ1v) is 5.76. The Hall–Kier alpha value is -1.35. The molecule has 3 nitrogen and oxygen atoms in total. The van der Waals surface area contributed by atoms with E-state index in [1.165, 1.54) is 24.0 Å². The van der Waals surface area contributed by atoms with E-state index in [-0.39, 0.29) is 5.97 Å². The summed E-state index contributed by atoms with van der Waals surface area (Å²) in [6.45, 7) is 1.64. The van der Waals surface area contributed by atoms with Crippen molar-refractivity contribution in [1.82, 2.24) is 0 Å². The third-order valence-corrected chi connectivity index (χ3v) is 2.94. The monoisotopic (exact) mass is 219 g/mol. The number of ether oxygens (including phenoxy) is 1. The van der Waals surface area contributed by atoms with Crippen LogP contribution in [0.1, 0.15) is 30.9 Å². The van der Waals surface area contributed by atoms with Gasteiger partial charge in [-0.3, -0.25) is 0 Å². The smallest absolute Gasteiger partial charge is 0.328 e. The maximum Gasteiger partial charge on any atom is 0.328 e. The molecule has 1 aliphatic carbocycles. The number of fused-ring (bicyclic) bond motifs is 1. The Kier molecular flexibility index (Phi) is 3.25. The highest BCUT2D eigenvalue weighted by Crippen LogP contribution is 2.29. The number of carbonyl (C=O) groups is 1. The number of esters is 1. The molecule has 1 aliphatic rings. The maximum atomic E-state index is 11.5. The largest absolute Gasteiger partial charge is 0.425 e. The van der Waals surface area contributed by atoms with Gasteiger partial charge in [-0.2, -0.15) is 0 Å². The fourth-order valence-corrected chi connectivity index (χ4v) is 2.04. The SMILES string of the molecule is CC(N)C(=O)Oc1cccc2c1CCCC2. The van der Waals surface area contributed by atoms with Crippen LogP contribution in [0.5, 0.6) is 5.75 Å². The fourth-order valence-electron chi connectivity index (χ4n) is 2.04. The van der Waals surface area contributed by atoms with E-state index in [2.05, 4.69) is 6.07 Å². The van der Waals surface area contributed by atoms with Crippen molar-refractivity contribution in [3.63, 3.8) is 0 Å². The van der Waals surface area contributed by atoms with Gasteiger partial charge in [-0.15, -0.1) is 0 Å². The fraction of sp³-hybridized carbons (Fsp3) is 0.462. The third-order valence-electron chi connectivity index (χ3n) is 2.94. The van der Waals surface area contributed by atoms with Gasteiger partial charge in [0.1, 0.15) is 11.8 Å². The second-order valence-corrected chi connectivity index (χ2v) is 4.31. The first-order chi connectivity index (χ1) is 7.68. The zero-order valence-electron chi connectivity index (χ0n) is 9.53. The molecule has 2 N–H and O–H groups in total. The number of rotatable bonds is 2. The minimum Gasteiger partial charge on any atom is -0.425 e. The van der Waals surface area contributed by atoms with Crippen LogP contribution in [0.3, 0.4) is 0 Å². The Labute approximate surface area is 95.6 Å². The molecule has 86 valence electrons. The Bertz CT molecular complexity index is 399. The van der Waals surface area contributed by atoms with Gasteiger partial charge in [-0.05, 0) is 49.8 Å². The van der Waals surface area contributed by atoms with E-state index < -0.39 is 6.04 Å². The zero-order chi connectivity index (χ0) is 11.5. The predicted molar refractivity (Wildman–Crippen MR) is 62.4 cm³/mol. The summed E-state index contributed by atoms with van der Waals surface area (Å²) >= 11 is 0. The van der Waals surface area contributed by atoms with Gasteiger partial charge in [0.2, 0.25) is 0 Å². The highest BCUT2D eigenvalue weighted by atomic mass is 16.5. The van der Waals surface area contributed by atoms with E-state index in [9.17, 15) is 4.79 Å². The molecule has 0 radical (unpaired) electrons. The Morgan fingerprint density at radius 3 is 2.88 bits per heavy atom. The highest BCUT2D eigenvalue weighted by Gasteiger charge is 2.17. The number of hydrogen-bond donors (Lipinski definition) is 1. The molecule has 0 saturated carbocycles. The van der Waals surface area contributed by atoms with Gasteiger partial charge in [0.25, 0.3) is 0 Å². The first kappa shape index (κ1) is 11.1. The summed E-state index contributed by atoms with van der Waals surface area (Å²) in [5.41, 5.74) is 7.98. The van der Waals surface area contributed by atoms with Gasteiger partial charge in [-0.25, -0.2) is 4.79 Å². The molecular formula is C13H17NO2. The lowest BCUT2D eigenvalue weighted by Gasteiger charge is -2.19. The Balaban J connectivity index is 2.24. The summed E-state index contributed by atoms with van der Waals surface area (Å²) in [6, 6.07) is 5.33. The summed E-state index contributed by atoms with van der Waals surface area (Å²) in [6.07, 6.45) is 4.47. The molecule has 0 amide bonds. The average molecular weight is 219 g/mol. The molecule has 2 rings (SSSR count). The van der Waals surface area contributed by atoms with Crippen LogP contribution in [0.2, 0.25) is 0 Å². The van der Waals surface area contributed by atoms with Crippen LogP contribution in [-0.4, -0.2) is 12.0 Å². The standard InChI is InChI=1S/C13H17NO2/c1-9(14)13(15)16-12-8-4-6-10-5-2-3-7-11(10)12/h4,6,8-9H,2-3,5,7,14H2,1H3. The number of benzene rings is 1. The molecule has 16 heavy (non-hydrogen) atoms. The molecule has 0 bridgehead atoms. The second kappa shape index (κ2) is 4.66. The zero-order valence-corrected chi connectivity index (χ0v) is 9.53. The molecule has 0 aliphatic heterocycles. The molecule has 3 heteroatoms. The van der Waals surface area contributed by atoms with Crippen LogP contribution in [0.15, 0.2) is 18.2 Å². The highest BCUT2D eigenvalue weighted by molar-refractivity contribution is 5.77. The second-order valence-electron chi connectivity index (χ2n) is 4.31. The van der Waals surface area contributed by atoms with Crippen LogP contribution in [0.25, 0.3) is 0 Å². The molecule has 0 fully saturated rings. The maximum absolute atomic E-state index is 11.5. The van der Waals surface area contributed by atoms with Crippen molar-refractivity contribution in [2.75, 3.05) is 0 Å². The van der Waals surface area contributed by atoms with E-state index in [1.807, 2.05) is 12.1 Å². The van der Waals surface area contributed by atoms with Gasteiger partial charge >= 0.3 is 5.97 Å². The van der Waals surface area contributed by atoms with Crippen molar-refractivity contribution in [2.45, 2.75) is 38.6 Å². The molecule has 0 saturated heterocycles. The molecule has 0 spiro atoms. The van der Waals surface area contributed by atoms with E-state index >= 15 is 0 Å². The van der Waals surface area contributed by atoms with E-state index in [1.54, 1.807) is 6.92 Å². The van der Waals surface area contributed by atoms with Crippen LogP contribution < -0.4 is 10.5 Å². The summed E-state index contributed by atoms with van der Waals surface area (Å²) in [7, 11) is 0. The van der Waals surface area contributed by atoms with Gasteiger partial charge in [0.15, 0.2) is 0 Å². The van der Waals surface area contributed by atoms with Gasteiger partial charge < -0.3 is 10.5 Å². The van der Waals surface area contributed by atoms with Crippen molar-refractivity contribution in [2.24, 2.45) is 5.73 Å². The molecule has 0 aromatic heterocycles. The van der Waals surface area contributed by atoms with Crippen LogP contribution in [-0.2, 0) is 17.6 Å². The quantitative estimate of drug-likeness (QED) is 0.609. The lowest BCUT2D eigenvalue weighted by Crippen LogP contribution is -2.31. The van der Waals surface area contributed by atoms with Crippen molar-refractivity contribution < 1.29 is 9.53 Å². The Morgan fingerprint density at radius 2 is 2.12 bits per heavy atom. The Morgan fingerprint density at radius 1 is 1.38 bits per heavy atom. The molecule has 1 aromatic rings. The van der Waals surface area contributed by atoms with E-state index in [4.69, 9.17) is 10.5 Å². The number of carbonyl (C=O) groups excluding carboxylic acids is 1. The average Bonchev–Trinajstić information content (AvgIpc) is 2.29. The van der Waals surface area contributed by atoms with Crippen LogP contribution >= 0.6 is 0 Å². The third kappa shape index (κ3) is 2.25. The lowest BCUT2D eigenvalue weighted by atomic mass is 9.91. The van der Waals surface area contributed by atoms with Crippen molar-refractivity contribution >= 4 is 5.97 Å². The molecule has 0 heterocycles. The normalized spacial score (nSPS) is 16.4. The molecular weight excluding hydrogens is 202 g/mol. The summed E-state index contributed by atoms with van der Waals surface area (Å²) < 4.78 is 5.31. The molecule has 1 unspecified atom stereocenters. The van der Waals surface area contributed by atoms with Gasteiger partial charge in [-0.1, -0.05) is 12.1 Å². The molecule has 1 atom stereocenters. The van der Waals surface area contributed by atoms with E-state index in [0.717, 1.165) is 12.8 Å². The number of aryl methyl sites for hydroxylation is 1. The minimum atomic E-state index is -0.570. The summed E-state index contributed by atoms with van der Waals surface area (Å²) in [5, 5.41) is 0. The lowest BCUT2D eigenvalue weighted by molar-refractivity contribution is -0.135.